The van der Waals surface area contributed by atoms with Gasteiger partial charge in [-0.3, -0.25) is 30.9 Å². The minimum absolute atomic E-state index is 0.152. The molecule has 24 heteroatoms. The third-order valence-electron chi connectivity index (χ3n) is 6.29. The molecule has 2 N–H and O–H groups in total. The Balaban J connectivity index is 1.88. The van der Waals surface area contributed by atoms with Crippen LogP contribution in [0.5, 0.6) is 5.75 Å². The fraction of sp³-hybridized carbons (Fsp3) is 0.214. The highest BCUT2D eigenvalue weighted by Gasteiger charge is 2.83. The summed E-state index contributed by atoms with van der Waals surface area (Å²) in [5.41, 5.74) is -1.77. The molecule has 0 unspecified atom stereocenters. The second-order valence-corrected chi connectivity index (χ2v) is 9.87. The Morgan fingerprint density at radius 1 is 0.654 bits per heavy atom. The summed E-state index contributed by atoms with van der Waals surface area (Å²) >= 11 is 0. The number of amides is 2. The van der Waals surface area contributed by atoms with E-state index in [0.717, 1.165) is 42.5 Å². The quantitative estimate of drug-likeness (QED) is 0.0746. The Labute approximate surface area is 280 Å². The van der Waals surface area contributed by atoms with Crippen LogP contribution in [0.1, 0.15) is 11.1 Å². The van der Waals surface area contributed by atoms with Crippen molar-refractivity contribution in [2.24, 2.45) is 0 Å². The monoisotopic (exact) mass is 762 g/mol. The van der Waals surface area contributed by atoms with Crippen LogP contribution in [0.2, 0.25) is 0 Å². The van der Waals surface area contributed by atoms with E-state index < -0.39 is 88.2 Å². The molecule has 3 aromatic carbocycles. The zero-order valence-corrected chi connectivity index (χ0v) is 25.0. The molecule has 0 aromatic heterocycles. The van der Waals surface area contributed by atoms with E-state index in [2.05, 4.69) is 4.74 Å². The molecule has 52 heavy (non-hydrogen) atoms. The normalized spacial score (nSPS) is 12.7. The van der Waals surface area contributed by atoms with E-state index in [1.165, 1.54) is 12.1 Å². The largest absolute Gasteiger partial charge is 0.460 e. The zero-order chi connectivity index (χ0) is 39.2. The van der Waals surface area contributed by atoms with E-state index in [-0.39, 0.29) is 22.5 Å². The molecule has 0 bridgehead atoms. The van der Waals surface area contributed by atoms with Crippen LogP contribution >= 0.6 is 0 Å². The summed E-state index contributed by atoms with van der Waals surface area (Å²) < 4.78 is 162. The molecular formula is C28H17F11N4O9. The summed E-state index contributed by atoms with van der Waals surface area (Å²) in [6, 6.07) is 7.28. The third-order valence-corrected chi connectivity index (χ3v) is 6.29. The van der Waals surface area contributed by atoms with Crippen molar-refractivity contribution < 1.29 is 81.9 Å². The number of benzene rings is 3. The second kappa shape index (κ2) is 15.3. The van der Waals surface area contributed by atoms with Crippen molar-refractivity contribution in [2.75, 3.05) is 10.6 Å². The number of nitro groups is 2. The number of hydrogen-bond acceptors (Lipinski definition) is 9. The molecule has 13 nitrogen and oxygen atoms in total. The van der Waals surface area contributed by atoms with Crippen molar-refractivity contribution in [1.82, 2.24) is 0 Å². The Hall–Kier alpha value is -6.23. The van der Waals surface area contributed by atoms with Crippen molar-refractivity contribution in [3.05, 3.63) is 110 Å². The van der Waals surface area contributed by atoms with Gasteiger partial charge in [-0.25, -0.2) is 9.59 Å². The maximum Gasteiger partial charge on any atom is 0.460 e. The van der Waals surface area contributed by atoms with E-state index in [9.17, 15) is 78.1 Å². The molecule has 0 aliphatic heterocycles. The highest BCUT2D eigenvalue weighted by atomic mass is 19.4. The molecular weight excluding hydrogens is 745 g/mol. The summed E-state index contributed by atoms with van der Waals surface area (Å²) in [6.07, 6.45) is -10.2. The number of rotatable bonds is 13. The van der Waals surface area contributed by atoms with Gasteiger partial charge in [0, 0.05) is 36.0 Å². The minimum Gasteiger partial charge on any atom is -0.444 e. The van der Waals surface area contributed by atoms with Gasteiger partial charge in [-0.15, -0.1) is 0 Å². The number of alkyl halides is 9. The fourth-order valence-corrected chi connectivity index (χ4v) is 3.59. The number of nitro benzene ring substituents is 2. The third kappa shape index (κ3) is 9.11. The first-order valence-corrected chi connectivity index (χ1v) is 13.4. The van der Waals surface area contributed by atoms with Gasteiger partial charge in [0.05, 0.1) is 15.5 Å². The number of hydrogen-bond donors (Lipinski definition) is 2. The van der Waals surface area contributed by atoms with Crippen molar-refractivity contribution in [1.29, 1.82) is 0 Å². The highest BCUT2D eigenvalue weighted by Crippen LogP contribution is 2.56. The summed E-state index contributed by atoms with van der Waals surface area (Å²) in [5.74, 6) is -28.0. The molecule has 0 radical (unpaired) electrons. The van der Waals surface area contributed by atoms with E-state index in [1.807, 2.05) is 5.32 Å². The van der Waals surface area contributed by atoms with Crippen LogP contribution in [-0.2, 0) is 22.7 Å². The highest BCUT2D eigenvalue weighted by molar-refractivity contribution is 5.89. The van der Waals surface area contributed by atoms with Crippen LogP contribution in [0.15, 0.2) is 78.6 Å². The van der Waals surface area contributed by atoms with Gasteiger partial charge < -0.3 is 14.2 Å². The molecule has 3 aromatic rings. The predicted molar refractivity (Wildman–Crippen MR) is 151 cm³/mol. The van der Waals surface area contributed by atoms with Gasteiger partial charge in [-0.05, 0) is 47.5 Å². The van der Waals surface area contributed by atoms with Crippen molar-refractivity contribution >= 4 is 34.9 Å². The molecule has 0 aliphatic carbocycles. The Bertz CT molecular complexity index is 1860. The summed E-state index contributed by atoms with van der Waals surface area (Å²) in [5, 5.41) is 25.3. The van der Waals surface area contributed by atoms with Crippen LogP contribution in [0, 0.1) is 20.2 Å². The minimum atomic E-state index is -7.62. The molecule has 0 spiro atoms. The first-order valence-electron chi connectivity index (χ1n) is 13.4. The predicted octanol–water partition coefficient (Wildman–Crippen LogP) is 8.96. The maximum absolute atomic E-state index is 14.5. The van der Waals surface area contributed by atoms with Crippen molar-refractivity contribution in [2.45, 2.75) is 37.2 Å². The van der Waals surface area contributed by atoms with Crippen LogP contribution in [0.4, 0.5) is 80.6 Å². The lowest BCUT2D eigenvalue weighted by Gasteiger charge is -2.32. The standard InChI is InChI=1S/C28H17F11N4O9/c29-21(25(31,32)26(33,34)27(35,36)28(37,38)39)22(30)52-20-11-16(40-23(44)50-12-14-1-6-17(7-2-14)42(46)47)5-10-19(20)41-24(45)51-13-15-3-8-18(9-4-15)43(48)49/h1-11H,12-13H2,(H,40,44)(H,41,45). The molecule has 0 fully saturated rings. The van der Waals surface area contributed by atoms with Crippen molar-refractivity contribution in [3.8, 4) is 5.75 Å². The van der Waals surface area contributed by atoms with Crippen LogP contribution in [-0.4, -0.2) is 46.0 Å². The van der Waals surface area contributed by atoms with E-state index in [1.54, 1.807) is 5.32 Å². The number of nitrogens with one attached hydrogen (secondary N) is 2. The van der Waals surface area contributed by atoms with Gasteiger partial charge in [-0.1, -0.05) is 0 Å². The summed E-state index contributed by atoms with van der Waals surface area (Å²) in [4.78, 5) is 44.7. The Kier molecular flexibility index (Phi) is 11.9. The summed E-state index contributed by atoms with van der Waals surface area (Å²) in [6.45, 7) is -1.14. The lowest BCUT2D eigenvalue weighted by molar-refractivity contribution is -0.392. The number of nitrogens with zero attached hydrogens (tertiary/aromatic N) is 2. The van der Waals surface area contributed by atoms with Gasteiger partial charge >= 0.3 is 42.1 Å². The topological polar surface area (TPSA) is 172 Å². The molecule has 0 saturated carbocycles. The SMILES string of the molecule is O=C(Nc1ccc(NC(=O)OCc2ccc([N+](=O)[O-])cc2)c(OC(F)=C(F)C(F)(F)C(F)(F)C(F)(F)C(F)(F)F)c1)OCc1ccc([N+](=O)[O-])cc1. The summed E-state index contributed by atoms with van der Waals surface area (Å²) in [7, 11) is 0. The van der Waals surface area contributed by atoms with Crippen LogP contribution < -0.4 is 15.4 Å². The Morgan fingerprint density at radius 3 is 1.52 bits per heavy atom. The van der Waals surface area contributed by atoms with Gasteiger partial charge in [0.1, 0.15) is 13.2 Å². The molecule has 0 atom stereocenters. The fourth-order valence-electron chi connectivity index (χ4n) is 3.59. The van der Waals surface area contributed by atoms with Crippen LogP contribution in [0.3, 0.4) is 0 Å². The van der Waals surface area contributed by atoms with Gasteiger partial charge in [0.25, 0.3) is 11.4 Å². The van der Waals surface area contributed by atoms with Crippen LogP contribution in [0.25, 0.3) is 0 Å². The molecule has 0 heterocycles. The van der Waals surface area contributed by atoms with Gasteiger partial charge in [0.15, 0.2) is 5.75 Å². The van der Waals surface area contributed by atoms with Gasteiger partial charge in [0.2, 0.25) is 5.83 Å². The Morgan fingerprint density at radius 2 is 1.10 bits per heavy atom. The number of anilines is 2. The van der Waals surface area contributed by atoms with E-state index in [0.29, 0.717) is 12.1 Å². The number of carbonyl (C=O) groups is 2. The molecule has 0 aliphatic rings. The maximum atomic E-state index is 14.5. The molecule has 2 amide bonds. The van der Waals surface area contributed by atoms with E-state index in [4.69, 9.17) is 9.47 Å². The average molecular weight is 762 g/mol. The molecule has 3 rings (SSSR count). The average Bonchev–Trinajstić information content (AvgIpc) is 3.06. The second-order valence-electron chi connectivity index (χ2n) is 9.87. The number of carbonyl (C=O) groups excluding carboxylic acids is 2. The first-order chi connectivity index (χ1) is 24.0. The number of non-ortho nitro benzene ring substituents is 2. The van der Waals surface area contributed by atoms with E-state index >= 15 is 0 Å². The number of halogens is 11. The molecule has 280 valence electrons. The zero-order valence-electron chi connectivity index (χ0n) is 25.0. The molecule has 0 saturated heterocycles. The first kappa shape index (κ1) is 40.2. The number of ether oxygens (including phenoxy) is 3. The lowest BCUT2D eigenvalue weighted by atomic mass is 10.0. The number of allylic oxidation sites excluding steroid dienone is 1. The van der Waals surface area contributed by atoms with Crippen molar-refractivity contribution in [3.63, 3.8) is 0 Å². The lowest BCUT2D eigenvalue weighted by Crippen LogP contribution is -2.61. The smallest absolute Gasteiger partial charge is 0.444 e. The van der Waals surface area contributed by atoms with Gasteiger partial charge in [-0.2, -0.15) is 48.3 Å².